The molecule has 0 amide bonds. The first-order valence-electron chi connectivity index (χ1n) is 6.97. The van der Waals surface area contributed by atoms with Gasteiger partial charge in [0.05, 0.1) is 6.54 Å². The maximum Gasteiger partial charge on any atom is 0.146 e. The number of nitrogens with two attached hydrogens (primary N) is 1. The Labute approximate surface area is 112 Å². The number of benzene rings is 1. The predicted octanol–water partition coefficient (Wildman–Crippen LogP) is 1.72. The van der Waals surface area contributed by atoms with Gasteiger partial charge < -0.3 is 10.3 Å². The van der Waals surface area contributed by atoms with Crippen molar-refractivity contribution < 1.29 is 0 Å². The van der Waals surface area contributed by atoms with Crippen LogP contribution in [0, 0.1) is 5.92 Å². The van der Waals surface area contributed by atoms with Crippen molar-refractivity contribution in [1.29, 1.82) is 0 Å². The highest BCUT2D eigenvalue weighted by molar-refractivity contribution is 5.43. The molecule has 0 saturated heterocycles. The van der Waals surface area contributed by atoms with Crippen LogP contribution in [-0.2, 0) is 20.0 Å². The molecule has 2 aliphatic rings. The van der Waals surface area contributed by atoms with Crippen molar-refractivity contribution in [3.05, 3.63) is 47.0 Å². The van der Waals surface area contributed by atoms with Gasteiger partial charge in [-0.05, 0) is 35.8 Å². The van der Waals surface area contributed by atoms with E-state index >= 15 is 0 Å². The highest BCUT2D eigenvalue weighted by atomic mass is 15.3. The monoisotopic (exact) mass is 254 g/mol. The highest BCUT2D eigenvalue weighted by Crippen LogP contribution is 2.64. The molecule has 4 heteroatoms. The number of aromatic nitrogens is 3. The first-order valence-corrected chi connectivity index (χ1v) is 6.97. The molecule has 4 nitrogen and oxygen atoms in total. The van der Waals surface area contributed by atoms with Crippen molar-refractivity contribution >= 4 is 0 Å². The van der Waals surface area contributed by atoms with Gasteiger partial charge in [-0.25, -0.2) is 0 Å². The maximum absolute atomic E-state index is 5.68. The van der Waals surface area contributed by atoms with E-state index in [1.165, 1.54) is 24.0 Å². The van der Waals surface area contributed by atoms with Crippen LogP contribution in [0.3, 0.4) is 0 Å². The van der Waals surface area contributed by atoms with E-state index < -0.39 is 0 Å². The van der Waals surface area contributed by atoms with Crippen molar-refractivity contribution in [2.24, 2.45) is 18.7 Å². The van der Waals surface area contributed by atoms with E-state index in [1.54, 1.807) is 0 Å². The average Bonchev–Trinajstić information content (AvgIpc) is 3.07. The second-order valence-corrected chi connectivity index (χ2v) is 5.69. The van der Waals surface area contributed by atoms with Crippen LogP contribution in [0.4, 0.5) is 0 Å². The van der Waals surface area contributed by atoms with E-state index in [4.69, 9.17) is 5.73 Å². The van der Waals surface area contributed by atoms with Gasteiger partial charge in [0.25, 0.3) is 0 Å². The number of aryl methyl sites for hydroxylation is 1. The van der Waals surface area contributed by atoms with Gasteiger partial charge in [-0.15, -0.1) is 10.2 Å². The van der Waals surface area contributed by atoms with Crippen LogP contribution in [0.1, 0.15) is 41.0 Å². The molecule has 4 rings (SSSR count). The minimum Gasteiger partial charge on any atom is -0.324 e. The van der Waals surface area contributed by atoms with Gasteiger partial charge in [0.15, 0.2) is 0 Å². The molecule has 0 aliphatic heterocycles. The maximum atomic E-state index is 5.68. The summed E-state index contributed by atoms with van der Waals surface area (Å²) in [5.41, 5.74) is 8.73. The van der Waals surface area contributed by atoms with Crippen LogP contribution in [0.5, 0.6) is 0 Å². The molecule has 1 heterocycles. The molecule has 0 bridgehead atoms. The normalized spacial score (nSPS) is 27.8. The van der Waals surface area contributed by atoms with Gasteiger partial charge in [0, 0.05) is 13.0 Å². The summed E-state index contributed by atoms with van der Waals surface area (Å²) in [6.07, 6.45) is 2.48. The van der Waals surface area contributed by atoms with Crippen molar-refractivity contribution in [2.75, 3.05) is 0 Å². The summed E-state index contributed by atoms with van der Waals surface area (Å²) >= 11 is 0. The summed E-state index contributed by atoms with van der Waals surface area (Å²) in [4.78, 5) is 0. The first-order chi connectivity index (χ1) is 9.31. The fourth-order valence-corrected chi connectivity index (χ4v) is 3.76. The number of rotatable bonds is 2. The van der Waals surface area contributed by atoms with E-state index in [0.29, 0.717) is 18.4 Å². The average molecular weight is 254 g/mol. The van der Waals surface area contributed by atoms with Gasteiger partial charge >= 0.3 is 0 Å². The largest absolute Gasteiger partial charge is 0.324 e. The SMILES string of the molecule is Cn1c(CN)nnc1C1C2CCc3ccccc3C21. The third-order valence-corrected chi connectivity index (χ3v) is 4.81. The molecule has 98 valence electrons. The van der Waals surface area contributed by atoms with Crippen LogP contribution < -0.4 is 5.73 Å². The molecule has 0 spiro atoms. The Kier molecular flexibility index (Phi) is 2.30. The Balaban J connectivity index is 1.72. The zero-order chi connectivity index (χ0) is 13.0. The second-order valence-electron chi connectivity index (χ2n) is 5.69. The smallest absolute Gasteiger partial charge is 0.146 e. The van der Waals surface area contributed by atoms with Gasteiger partial charge in [-0.1, -0.05) is 24.3 Å². The Morgan fingerprint density at radius 2 is 2.11 bits per heavy atom. The number of fused-ring (bicyclic) bond motifs is 3. The Hall–Kier alpha value is -1.68. The van der Waals surface area contributed by atoms with Crippen molar-refractivity contribution in [1.82, 2.24) is 14.8 Å². The van der Waals surface area contributed by atoms with Gasteiger partial charge in [0.2, 0.25) is 0 Å². The van der Waals surface area contributed by atoms with Crippen molar-refractivity contribution in [3.63, 3.8) is 0 Å². The van der Waals surface area contributed by atoms with Crippen LogP contribution in [0.25, 0.3) is 0 Å². The van der Waals surface area contributed by atoms with Crippen LogP contribution in [0.2, 0.25) is 0 Å². The van der Waals surface area contributed by atoms with E-state index in [1.807, 2.05) is 7.05 Å². The number of nitrogens with zero attached hydrogens (tertiary/aromatic N) is 3. The van der Waals surface area contributed by atoms with Crippen molar-refractivity contribution in [2.45, 2.75) is 31.2 Å². The van der Waals surface area contributed by atoms with E-state index in [2.05, 4.69) is 39.0 Å². The Morgan fingerprint density at radius 1 is 1.26 bits per heavy atom. The Bertz CT molecular complexity index is 631. The topological polar surface area (TPSA) is 56.7 Å². The molecular weight excluding hydrogens is 236 g/mol. The molecule has 1 aromatic carbocycles. The molecule has 3 unspecified atom stereocenters. The van der Waals surface area contributed by atoms with E-state index in [0.717, 1.165) is 17.6 Å². The predicted molar refractivity (Wildman–Crippen MR) is 72.6 cm³/mol. The molecule has 3 atom stereocenters. The lowest BCUT2D eigenvalue weighted by Crippen LogP contribution is -2.06. The van der Waals surface area contributed by atoms with Crippen LogP contribution in [-0.4, -0.2) is 14.8 Å². The molecule has 0 radical (unpaired) electrons. The van der Waals surface area contributed by atoms with Gasteiger partial charge in [-0.3, -0.25) is 0 Å². The minimum atomic E-state index is 0.460. The molecular formula is C15H18N4. The molecule has 2 aliphatic carbocycles. The van der Waals surface area contributed by atoms with Crippen molar-refractivity contribution in [3.8, 4) is 0 Å². The molecule has 1 fully saturated rings. The standard InChI is InChI=1S/C15H18N4/c1-19-12(8-16)17-18-15(19)14-11-7-6-9-4-2-3-5-10(9)13(11)14/h2-5,11,13-14H,6-8,16H2,1H3. The summed E-state index contributed by atoms with van der Waals surface area (Å²) < 4.78 is 2.09. The quantitative estimate of drug-likeness (QED) is 0.887. The Morgan fingerprint density at radius 3 is 2.89 bits per heavy atom. The highest BCUT2D eigenvalue weighted by Gasteiger charge is 2.55. The fourth-order valence-electron chi connectivity index (χ4n) is 3.76. The van der Waals surface area contributed by atoms with Gasteiger partial charge in [-0.2, -0.15) is 0 Å². The lowest BCUT2D eigenvalue weighted by Gasteiger charge is -2.13. The molecule has 1 aromatic heterocycles. The van der Waals surface area contributed by atoms with E-state index in [9.17, 15) is 0 Å². The minimum absolute atomic E-state index is 0.460. The summed E-state index contributed by atoms with van der Waals surface area (Å²) in [5, 5.41) is 8.58. The zero-order valence-corrected chi connectivity index (χ0v) is 11.1. The number of hydrogen-bond donors (Lipinski definition) is 1. The molecule has 1 saturated carbocycles. The van der Waals surface area contributed by atoms with Crippen LogP contribution in [0.15, 0.2) is 24.3 Å². The third kappa shape index (κ3) is 1.49. The summed E-state index contributed by atoms with van der Waals surface area (Å²) in [7, 11) is 2.04. The number of hydrogen-bond acceptors (Lipinski definition) is 3. The molecule has 2 aromatic rings. The van der Waals surface area contributed by atoms with E-state index in [-0.39, 0.29) is 0 Å². The van der Waals surface area contributed by atoms with Crippen LogP contribution >= 0.6 is 0 Å². The molecule has 19 heavy (non-hydrogen) atoms. The van der Waals surface area contributed by atoms with Gasteiger partial charge in [0.1, 0.15) is 11.6 Å². The summed E-state index contributed by atoms with van der Waals surface area (Å²) in [6, 6.07) is 8.85. The first kappa shape index (κ1) is 11.2. The zero-order valence-electron chi connectivity index (χ0n) is 11.1. The lowest BCUT2D eigenvalue weighted by molar-refractivity contribution is 0.645. The lowest BCUT2D eigenvalue weighted by atomic mass is 9.92. The molecule has 2 N–H and O–H groups in total. The summed E-state index contributed by atoms with van der Waals surface area (Å²) in [6.45, 7) is 0.460. The fraction of sp³-hybridized carbons (Fsp3) is 0.467. The second kappa shape index (κ2) is 3.90. The summed E-state index contributed by atoms with van der Waals surface area (Å²) in [5.74, 6) is 3.95. The third-order valence-electron chi connectivity index (χ3n) is 4.81.